The Morgan fingerprint density at radius 3 is 2.44 bits per heavy atom. The lowest BCUT2D eigenvalue weighted by atomic mass is 9.84. The highest BCUT2D eigenvalue weighted by molar-refractivity contribution is 5.95. The van der Waals surface area contributed by atoms with E-state index in [4.69, 9.17) is 14.5 Å². The molecule has 13 heteroatoms. The van der Waals surface area contributed by atoms with Crippen LogP contribution in [0.4, 0.5) is 4.79 Å². The van der Waals surface area contributed by atoms with Crippen LogP contribution in [-0.4, -0.2) is 106 Å². The number of alkyl carbamates (subject to hydrolysis) is 1. The van der Waals surface area contributed by atoms with Crippen LogP contribution in [0.3, 0.4) is 0 Å². The lowest BCUT2D eigenvalue weighted by molar-refractivity contribution is -0.144. The summed E-state index contributed by atoms with van der Waals surface area (Å²) in [5.41, 5.74) is 8.91. The highest BCUT2D eigenvalue weighted by atomic mass is 16.6. The second-order valence-corrected chi connectivity index (χ2v) is 16.3. The van der Waals surface area contributed by atoms with Gasteiger partial charge < -0.3 is 29.6 Å². The maximum Gasteiger partial charge on any atom is 0.408 e. The smallest absolute Gasteiger partial charge is 0.408 e. The number of pyridine rings is 1. The van der Waals surface area contributed by atoms with Gasteiger partial charge in [0, 0.05) is 69.6 Å². The predicted molar refractivity (Wildman–Crippen MR) is 215 cm³/mol. The molecule has 3 atom stereocenters. The van der Waals surface area contributed by atoms with E-state index < -0.39 is 35.7 Å². The number of aliphatic hydroxyl groups is 1. The molecule has 3 aromatic rings. The van der Waals surface area contributed by atoms with Crippen LogP contribution < -0.4 is 10.7 Å². The van der Waals surface area contributed by atoms with Crippen molar-refractivity contribution in [3.8, 4) is 11.3 Å². The van der Waals surface area contributed by atoms with E-state index in [1.807, 2.05) is 19.9 Å². The Hall–Kier alpha value is -4.30. The van der Waals surface area contributed by atoms with Gasteiger partial charge in [-0.3, -0.25) is 24.5 Å². The molecule has 2 aromatic heterocycles. The Morgan fingerprint density at radius 2 is 1.82 bits per heavy atom. The third-order valence-electron chi connectivity index (χ3n) is 9.99. The summed E-state index contributed by atoms with van der Waals surface area (Å²) in [4.78, 5) is 45.6. The fourth-order valence-corrected chi connectivity index (χ4v) is 7.15. The zero-order chi connectivity index (χ0) is 40.7. The van der Waals surface area contributed by atoms with Gasteiger partial charge in [-0.25, -0.2) is 10.2 Å². The Kier molecular flexibility index (Phi) is 14.7. The van der Waals surface area contributed by atoms with E-state index in [2.05, 4.69) is 71.3 Å². The number of nitrogens with zero attached hydrogens (tertiary/aromatic N) is 4. The average Bonchev–Trinajstić information content (AvgIpc) is 3.44. The Morgan fingerprint density at radius 1 is 1.09 bits per heavy atom. The number of benzene rings is 1. The first-order chi connectivity index (χ1) is 25.9. The zero-order valence-corrected chi connectivity index (χ0v) is 34.4. The van der Waals surface area contributed by atoms with Crippen LogP contribution in [0.15, 0.2) is 42.6 Å². The number of aliphatic carboxylic acids is 1. The molecule has 0 bridgehead atoms. The number of carboxylic acid groups (broad SMARTS) is 1. The summed E-state index contributed by atoms with van der Waals surface area (Å²) >= 11 is 0. The van der Waals surface area contributed by atoms with Crippen molar-refractivity contribution in [2.24, 2.45) is 5.41 Å². The summed E-state index contributed by atoms with van der Waals surface area (Å²) in [7, 11) is 3.16. The molecule has 3 heterocycles. The van der Waals surface area contributed by atoms with Gasteiger partial charge in [0.05, 0.1) is 17.5 Å². The van der Waals surface area contributed by atoms with Crippen molar-refractivity contribution < 1.29 is 34.1 Å². The topological polar surface area (TPSA) is 158 Å². The van der Waals surface area contributed by atoms with Gasteiger partial charge in [0.1, 0.15) is 17.7 Å². The van der Waals surface area contributed by atoms with Crippen LogP contribution in [0, 0.1) is 5.41 Å². The van der Waals surface area contributed by atoms with E-state index in [1.165, 1.54) is 7.05 Å². The summed E-state index contributed by atoms with van der Waals surface area (Å²) in [6, 6.07) is 8.61. The van der Waals surface area contributed by atoms with Gasteiger partial charge in [0.25, 0.3) is 5.91 Å². The summed E-state index contributed by atoms with van der Waals surface area (Å²) in [6.07, 6.45) is 5.37. The first kappa shape index (κ1) is 43.4. The van der Waals surface area contributed by atoms with Crippen LogP contribution in [-0.2, 0) is 32.0 Å². The summed E-state index contributed by atoms with van der Waals surface area (Å²) in [6.45, 7) is 17.5. The number of aliphatic hydroxyl groups excluding tert-OH is 1. The normalized spacial score (nSPS) is 15.7. The molecule has 4 rings (SSSR count). The quantitative estimate of drug-likeness (QED) is 0.117. The summed E-state index contributed by atoms with van der Waals surface area (Å²) in [5, 5.41) is 25.1. The minimum atomic E-state index is -1.06. The van der Waals surface area contributed by atoms with E-state index in [0.29, 0.717) is 32.4 Å². The molecule has 1 aromatic carbocycles. The largest absolute Gasteiger partial charge is 0.480 e. The fraction of sp³-hybridized carbons (Fsp3) is 0.571. The number of fused-ring (bicyclic) bond motifs is 1. The van der Waals surface area contributed by atoms with Crippen molar-refractivity contribution in [1.29, 1.82) is 0 Å². The standard InChI is InChI=1S/C42H62N6O7/c1-11-15-33(39(51)52)45-46(9)38(50)34(44-40(53)55-41(4,5)6)25-47-21-14-16-29(24-47)28-18-19-35-31(22-28)32(23-42(7,8)26-49)37(48(35)12-2)30-17-13-20-43-36(30)27(3)54-10/h13,16-20,22,27,33-34,45,49H,11-12,14-15,21,23-26H2,1-10H3,(H,44,53)(H,51,52)/t27-,33-,34?/m0/s1. The molecule has 1 aliphatic heterocycles. The van der Waals surface area contributed by atoms with Gasteiger partial charge in [0.2, 0.25) is 0 Å². The molecule has 1 unspecified atom stereocenters. The first-order valence-corrected chi connectivity index (χ1v) is 19.3. The second kappa shape index (κ2) is 18.6. The number of aryl methyl sites for hydroxylation is 1. The van der Waals surface area contributed by atoms with E-state index in [1.54, 1.807) is 34.1 Å². The van der Waals surface area contributed by atoms with Crippen molar-refractivity contribution in [2.45, 2.75) is 111 Å². The number of hydrogen-bond acceptors (Lipinski definition) is 9. The van der Waals surface area contributed by atoms with Gasteiger partial charge in [0.15, 0.2) is 0 Å². The van der Waals surface area contributed by atoms with E-state index in [-0.39, 0.29) is 24.7 Å². The number of amides is 2. The van der Waals surface area contributed by atoms with Gasteiger partial charge in [-0.1, -0.05) is 39.3 Å². The van der Waals surface area contributed by atoms with Crippen molar-refractivity contribution in [3.63, 3.8) is 0 Å². The van der Waals surface area contributed by atoms with Gasteiger partial charge in [-0.2, -0.15) is 0 Å². The molecule has 0 fully saturated rings. The highest BCUT2D eigenvalue weighted by Gasteiger charge is 2.32. The number of likely N-dealkylation sites (N-methyl/N-ethyl adjacent to an activating group) is 1. The van der Waals surface area contributed by atoms with Gasteiger partial charge in [-0.15, -0.1) is 0 Å². The van der Waals surface area contributed by atoms with E-state index in [9.17, 15) is 24.6 Å². The van der Waals surface area contributed by atoms with Crippen molar-refractivity contribution in [2.75, 3.05) is 40.4 Å². The number of carbonyl (C=O) groups excluding carboxylic acids is 2. The fourth-order valence-electron chi connectivity index (χ4n) is 7.15. The van der Waals surface area contributed by atoms with Gasteiger partial charge in [-0.05, 0) is 100 Å². The Bertz CT molecular complexity index is 1850. The number of aromatic nitrogens is 2. The van der Waals surface area contributed by atoms with Crippen LogP contribution in [0.25, 0.3) is 27.7 Å². The molecule has 1 aliphatic rings. The number of hydrogen-bond donors (Lipinski definition) is 4. The minimum Gasteiger partial charge on any atom is -0.480 e. The number of rotatable bonds is 17. The minimum absolute atomic E-state index is 0.0247. The number of ether oxygens (including phenoxy) is 2. The molecule has 0 radical (unpaired) electrons. The number of hydrazine groups is 1. The molecule has 13 nitrogen and oxygen atoms in total. The molecule has 0 saturated carbocycles. The zero-order valence-electron chi connectivity index (χ0n) is 34.4. The van der Waals surface area contributed by atoms with Crippen molar-refractivity contribution in [3.05, 3.63) is 59.4 Å². The SMILES string of the molecule is CCC[C@H](NN(C)C(=O)C(CN1CCC=C(c2ccc3c(c2)c(CC(C)(C)CO)c(-c2cccnc2[C@H](C)OC)n3CC)C1)NC(=O)OC(C)(C)C)C(=O)O. The molecule has 55 heavy (non-hydrogen) atoms. The number of methoxy groups -OCH3 is 1. The molecule has 0 spiro atoms. The predicted octanol–water partition coefficient (Wildman–Crippen LogP) is 6.19. The monoisotopic (exact) mass is 762 g/mol. The van der Waals surface area contributed by atoms with E-state index >= 15 is 0 Å². The number of carboxylic acids is 1. The second-order valence-electron chi connectivity index (χ2n) is 16.3. The molecule has 4 N–H and O–H groups in total. The molecule has 0 saturated heterocycles. The lowest BCUT2D eigenvalue weighted by Gasteiger charge is -2.33. The Labute approximate surface area is 326 Å². The van der Waals surface area contributed by atoms with Crippen molar-refractivity contribution in [1.82, 2.24) is 30.2 Å². The summed E-state index contributed by atoms with van der Waals surface area (Å²) < 4.78 is 13.6. The van der Waals surface area contributed by atoms with E-state index in [0.717, 1.165) is 62.5 Å². The highest BCUT2D eigenvalue weighted by Crippen LogP contribution is 2.41. The third kappa shape index (κ3) is 10.9. The average molecular weight is 763 g/mol. The third-order valence-corrected chi connectivity index (χ3v) is 9.99. The van der Waals surface area contributed by atoms with Crippen molar-refractivity contribution >= 4 is 34.4 Å². The molecular weight excluding hydrogens is 700 g/mol. The summed E-state index contributed by atoms with van der Waals surface area (Å²) in [5.74, 6) is -1.54. The van der Waals surface area contributed by atoms with Crippen LogP contribution >= 0.6 is 0 Å². The maximum absolute atomic E-state index is 13.8. The lowest BCUT2D eigenvalue weighted by Crippen LogP contribution is -2.59. The van der Waals surface area contributed by atoms with Crippen LogP contribution in [0.2, 0.25) is 0 Å². The van der Waals surface area contributed by atoms with Crippen LogP contribution in [0.5, 0.6) is 0 Å². The molecule has 2 amide bonds. The maximum atomic E-state index is 13.8. The van der Waals surface area contributed by atoms with Gasteiger partial charge >= 0.3 is 12.1 Å². The molecule has 0 aliphatic carbocycles. The number of nitrogens with one attached hydrogen (secondary N) is 2. The molecule has 302 valence electrons. The molecular formula is C42H62N6O7. The number of carbonyl (C=O) groups is 3. The van der Waals surface area contributed by atoms with Crippen LogP contribution in [0.1, 0.15) is 97.6 Å². The first-order valence-electron chi connectivity index (χ1n) is 19.3. The Balaban J connectivity index is 1.72.